The molecule has 0 saturated carbocycles. The lowest BCUT2D eigenvalue weighted by Gasteiger charge is -2.18. The smallest absolute Gasteiger partial charge is 0.225 e. The van der Waals surface area contributed by atoms with Crippen molar-refractivity contribution in [2.75, 3.05) is 38.2 Å². The van der Waals surface area contributed by atoms with Crippen LogP contribution in [0.2, 0.25) is 0 Å². The molecule has 0 aromatic heterocycles. The third-order valence-corrected chi connectivity index (χ3v) is 3.66. The van der Waals surface area contributed by atoms with Crippen LogP contribution in [0.5, 0.6) is 0 Å². The predicted molar refractivity (Wildman–Crippen MR) is 87.5 cm³/mol. The fourth-order valence-electron chi connectivity index (χ4n) is 2.22. The lowest BCUT2D eigenvalue weighted by atomic mass is 10.2. The topological polar surface area (TPSA) is 67.6 Å². The van der Waals surface area contributed by atoms with Gasteiger partial charge in [-0.05, 0) is 30.7 Å². The summed E-state index contributed by atoms with van der Waals surface area (Å²) in [5, 5.41) is 2.88. The zero-order valence-corrected chi connectivity index (χ0v) is 12.8. The molecule has 1 aromatic carbocycles. The number of carbonyl (C=O) groups is 1. The number of ether oxygens (including phenoxy) is 1. The molecule has 1 aliphatic rings. The molecule has 1 aromatic rings. The summed E-state index contributed by atoms with van der Waals surface area (Å²) in [4.78, 5) is 14.6. The standard InChI is InChI=1S/C15H21N3O2S/c16-15(21)12-2-4-13(5-3-12)17-14(19)6-8-18-7-1-10-20-11-9-18/h2-5H,1,6-11H2,(H2,16,21)(H,17,19). The number of benzene rings is 1. The Kier molecular flexibility index (Phi) is 6.10. The molecule has 1 aliphatic heterocycles. The van der Waals surface area contributed by atoms with E-state index in [1.807, 2.05) is 24.3 Å². The van der Waals surface area contributed by atoms with Crippen LogP contribution in [-0.4, -0.2) is 48.6 Å². The van der Waals surface area contributed by atoms with Crippen LogP contribution < -0.4 is 11.1 Å². The summed E-state index contributed by atoms with van der Waals surface area (Å²) in [6.45, 7) is 4.23. The van der Waals surface area contributed by atoms with Crippen LogP contribution in [0.25, 0.3) is 0 Å². The fourth-order valence-corrected chi connectivity index (χ4v) is 2.36. The number of amides is 1. The van der Waals surface area contributed by atoms with Crippen molar-refractivity contribution in [3.8, 4) is 0 Å². The summed E-state index contributed by atoms with van der Waals surface area (Å²) in [5.74, 6) is 0.0169. The highest BCUT2D eigenvalue weighted by Crippen LogP contribution is 2.10. The third kappa shape index (κ3) is 5.41. The van der Waals surface area contributed by atoms with Gasteiger partial charge in [-0.2, -0.15) is 0 Å². The first kappa shape index (κ1) is 15.9. The molecule has 1 saturated heterocycles. The van der Waals surface area contributed by atoms with Crippen molar-refractivity contribution in [3.63, 3.8) is 0 Å². The van der Waals surface area contributed by atoms with E-state index >= 15 is 0 Å². The van der Waals surface area contributed by atoms with E-state index in [1.54, 1.807) is 0 Å². The number of hydrogen-bond acceptors (Lipinski definition) is 4. The minimum Gasteiger partial charge on any atom is -0.389 e. The number of nitrogens with one attached hydrogen (secondary N) is 1. The number of thiocarbonyl (C=S) groups is 1. The molecule has 0 bridgehead atoms. The molecule has 0 spiro atoms. The Labute approximate surface area is 130 Å². The average Bonchev–Trinajstić information content (AvgIpc) is 2.74. The van der Waals surface area contributed by atoms with Gasteiger partial charge in [-0.1, -0.05) is 12.2 Å². The van der Waals surface area contributed by atoms with E-state index in [0.717, 1.165) is 50.5 Å². The average molecular weight is 307 g/mol. The molecule has 0 atom stereocenters. The first-order valence-corrected chi connectivity index (χ1v) is 7.56. The zero-order chi connectivity index (χ0) is 15.1. The summed E-state index contributed by atoms with van der Waals surface area (Å²) >= 11 is 4.89. The maximum atomic E-state index is 11.9. The van der Waals surface area contributed by atoms with Gasteiger partial charge in [0.05, 0.1) is 6.61 Å². The maximum absolute atomic E-state index is 11.9. The summed E-state index contributed by atoms with van der Waals surface area (Å²) in [6.07, 6.45) is 1.51. The van der Waals surface area contributed by atoms with Crippen LogP contribution in [0.1, 0.15) is 18.4 Å². The summed E-state index contributed by atoms with van der Waals surface area (Å²) in [6, 6.07) is 7.24. The van der Waals surface area contributed by atoms with E-state index in [-0.39, 0.29) is 5.91 Å². The Bertz CT molecular complexity index is 482. The molecule has 2 rings (SSSR count). The van der Waals surface area contributed by atoms with Gasteiger partial charge in [0, 0.05) is 43.9 Å². The van der Waals surface area contributed by atoms with E-state index in [1.165, 1.54) is 0 Å². The highest BCUT2D eigenvalue weighted by Gasteiger charge is 2.11. The van der Waals surface area contributed by atoms with Crippen molar-refractivity contribution in [1.82, 2.24) is 4.90 Å². The Hall–Kier alpha value is -1.50. The second kappa shape index (κ2) is 8.07. The van der Waals surface area contributed by atoms with Crippen LogP contribution in [-0.2, 0) is 9.53 Å². The van der Waals surface area contributed by atoms with E-state index in [2.05, 4.69) is 10.2 Å². The van der Waals surface area contributed by atoms with Gasteiger partial charge >= 0.3 is 0 Å². The van der Waals surface area contributed by atoms with Crippen molar-refractivity contribution in [3.05, 3.63) is 29.8 Å². The second-order valence-electron chi connectivity index (χ2n) is 5.05. The largest absolute Gasteiger partial charge is 0.389 e. The van der Waals surface area contributed by atoms with E-state index < -0.39 is 0 Å². The number of hydrogen-bond donors (Lipinski definition) is 2. The van der Waals surface area contributed by atoms with Gasteiger partial charge in [0.25, 0.3) is 0 Å². The van der Waals surface area contributed by atoms with Gasteiger partial charge in [-0.25, -0.2) is 0 Å². The molecule has 0 radical (unpaired) electrons. The Morgan fingerprint density at radius 3 is 2.76 bits per heavy atom. The number of nitrogens with zero attached hydrogens (tertiary/aromatic N) is 1. The molecule has 0 aliphatic carbocycles. The molecule has 3 N–H and O–H groups in total. The maximum Gasteiger partial charge on any atom is 0.225 e. The van der Waals surface area contributed by atoms with E-state index in [9.17, 15) is 4.79 Å². The highest BCUT2D eigenvalue weighted by molar-refractivity contribution is 7.80. The van der Waals surface area contributed by atoms with Crippen LogP contribution in [0.15, 0.2) is 24.3 Å². The molecular formula is C15H21N3O2S. The van der Waals surface area contributed by atoms with Crippen LogP contribution in [0.3, 0.4) is 0 Å². The first-order valence-electron chi connectivity index (χ1n) is 7.15. The molecule has 0 unspecified atom stereocenters. The summed E-state index contributed by atoms with van der Waals surface area (Å²) in [5.41, 5.74) is 7.10. The molecule has 6 heteroatoms. The fraction of sp³-hybridized carbons (Fsp3) is 0.467. The quantitative estimate of drug-likeness (QED) is 0.804. The molecule has 1 fully saturated rings. The highest BCUT2D eigenvalue weighted by atomic mass is 32.1. The molecule has 1 heterocycles. The normalized spacial score (nSPS) is 16.2. The summed E-state index contributed by atoms with van der Waals surface area (Å²) < 4.78 is 5.39. The van der Waals surface area contributed by atoms with Crippen LogP contribution in [0, 0.1) is 0 Å². The lowest BCUT2D eigenvalue weighted by Crippen LogP contribution is -2.30. The van der Waals surface area contributed by atoms with Gasteiger partial charge in [-0.15, -0.1) is 0 Å². The Balaban J connectivity index is 1.77. The third-order valence-electron chi connectivity index (χ3n) is 3.42. The van der Waals surface area contributed by atoms with Gasteiger partial charge in [-0.3, -0.25) is 4.79 Å². The molecule has 5 nitrogen and oxygen atoms in total. The Morgan fingerprint density at radius 1 is 1.29 bits per heavy atom. The number of nitrogens with two attached hydrogens (primary N) is 1. The monoisotopic (exact) mass is 307 g/mol. The number of anilines is 1. The molecule has 21 heavy (non-hydrogen) atoms. The number of carbonyl (C=O) groups excluding carboxylic acids is 1. The van der Waals surface area contributed by atoms with Gasteiger partial charge in [0.1, 0.15) is 4.99 Å². The molecule has 114 valence electrons. The van der Waals surface area contributed by atoms with Gasteiger partial charge < -0.3 is 20.7 Å². The molecule has 1 amide bonds. The molecular weight excluding hydrogens is 286 g/mol. The summed E-state index contributed by atoms with van der Waals surface area (Å²) in [7, 11) is 0. The van der Waals surface area contributed by atoms with Crippen molar-refractivity contribution < 1.29 is 9.53 Å². The van der Waals surface area contributed by atoms with E-state index in [0.29, 0.717) is 11.4 Å². The van der Waals surface area contributed by atoms with Crippen molar-refractivity contribution in [2.24, 2.45) is 5.73 Å². The lowest BCUT2D eigenvalue weighted by molar-refractivity contribution is -0.116. The van der Waals surface area contributed by atoms with E-state index in [4.69, 9.17) is 22.7 Å². The van der Waals surface area contributed by atoms with Crippen LogP contribution >= 0.6 is 12.2 Å². The van der Waals surface area contributed by atoms with Gasteiger partial charge in [0.15, 0.2) is 0 Å². The second-order valence-corrected chi connectivity index (χ2v) is 5.49. The van der Waals surface area contributed by atoms with Crippen molar-refractivity contribution in [1.29, 1.82) is 0 Å². The zero-order valence-electron chi connectivity index (χ0n) is 12.0. The minimum atomic E-state index is 0.0169. The Morgan fingerprint density at radius 2 is 2.05 bits per heavy atom. The first-order chi connectivity index (χ1) is 10.1. The van der Waals surface area contributed by atoms with Crippen molar-refractivity contribution >= 4 is 28.8 Å². The SMILES string of the molecule is NC(=S)c1ccc(NC(=O)CCN2CCCOCC2)cc1. The predicted octanol–water partition coefficient (Wildman–Crippen LogP) is 1.37. The minimum absolute atomic E-state index is 0.0169. The van der Waals surface area contributed by atoms with Crippen LogP contribution in [0.4, 0.5) is 5.69 Å². The number of rotatable bonds is 5. The van der Waals surface area contributed by atoms with Gasteiger partial charge in [0.2, 0.25) is 5.91 Å². The van der Waals surface area contributed by atoms with Crippen molar-refractivity contribution in [2.45, 2.75) is 12.8 Å².